The molecule has 2 saturated heterocycles. The second-order valence-electron chi connectivity index (χ2n) is 7.01. The third-order valence-corrected chi connectivity index (χ3v) is 6.58. The number of hydrogen-bond acceptors (Lipinski definition) is 4. The summed E-state index contributed by atoms with van der Waals surface area (Å²) < 4.78 is 1.27. The average molecular weight is 343 g/mol. The third-order valence-electron chi connectivity index (χ3n) is 5.38. The second-order valence-corrected chi connectivity index (χ2v) is 8.07. The molecule has 1 atom stereocenters. The fourth-order valence-electron chi connectivity index (χ4n) is 3.90. The van der Waals surface area contributed by atoms with E-state index in [1.165, 1.54) is 22.5 Å². The highest BCUT2D eigenvalue weighted by Gasteiger charge is 2.26. The number of amides is 1. The van der Waals surface area contributed by atoms with Gasteiger partial charge in [-0.3, -0.25) is 4.79 Å². The fourth-order valence-corrected chi connectivity index (χ4v) is 5.04. The number of para-hydroxylation sites is 1. The smallest absolute Gasteiger partial charge is 0.222 e. The maximum atomic E-state index is 12.4. The van der Waals surface area contributed by atoms with Crippen LogP contribution in [0.2, 0.25) is 0 Å². The number of benzene rings is 1. The Kier molecular flexibility index (Phi) is 4.81. The Morgan fingerprint density at radius 3 is 2.83 bits per heavy atom. The molecule has 1 aromatic heterocycles. The zero-order valence-electron chi connectivity index (χ0n) is 14.0. The molecule has 24 heavy (non-hydrogen) atoms. The van der Waals surface area contributed by atoms with Crippen molar-refractivity contribution in [2.75, 3.05) is 19.6 Å². The Labute approximate surface area is 147 Å². The molecular formula is C19H25N3OS. The average Bonchev–Trinajstić information content (AvgIpc) is 3.29. The van der Waals surface area contributed by atoms with Gasteiger partial charge in [-0.05, 0) is 50.8 Å². The minimum absolute atomic E-state index is 0.339. The molecular weight excluding hydrogens is 318 g/mol. The quantitative estimate of drug-likeness (QED) is 0.924. The van der Waals surface area contributed by atoms with Crippen LogP contribution < -0.4 is 5.32 Å². The number of nitrogens with zero attached hydrogens (tertiary/aromatic N) is 2. The predicted octanol–water partition coefficient (Wildman–Crippen LogP) is 3.53. The molecule has 5 heteroatoms. The molecule has 0 saturated carbocycles. The molecule has 1 unspecified atom stereocenters. The number of thiazole rings is 1. The lowest BCUT2D eigenvalue weighted by Crippen LogP contribution is -2.38. The van der Waals surface area contributed by atoms with Gasteiger partial charge in [0, 0.05) is 31.5 Å². The van der Waals surface area contributed by atoms with Crippen LogP contribution in [0, 0.1) is 0 Å². The molecule has 0 bridgehead atoms. The lowest BCUT2D eigenvalue weighted by atomic mass is 9.97. The number of nitrogens with one attached hydrogen (secondary N) is 1. The normalized spacial score (nSPS) is 22.3. The topological polar surface area (TPSA) is 45.2 Å². The molecule has 4 nitrogen and oxygen atoms in total. The minimum atomic E-state index is 0.339. The first-order valence-electron chi connectivity index (χ1n) is 9.16. The van der Waals surface area contributed by atoms with Crippen LogP contribution in [0.15, 0.2) is 24.3 Å². The summed E-state index contributed by atoms with van der Waals surface area (Å²) in [5, 5.41) is 4.73. The van der Waals surface area contributed by atoms with Crippen molar-refractivity contribution in [1.82, 2.24) is 15.2 Å². The number of carbonyl (C=O) groups is 1. The van der Waals surface area contributed by atoms with Crippen LogP contribution in [0.4, 0.5) is 0 Å². The molecule has 1 amide bonds. The van der Waals surface area contributed by atoms with Crippen LogP contribution in [0.1, 0.15) is 49.5 Å². The van der Waals surface area contributed by atoms with Crippen molar-refractivity contribution >= 4 is 27.5 Å². The van der Waals surface area contributed by atoms with Gasteiger partial charge in [0.05, 0.1) is 15.2 Å². The second kappa shape index (κ2) is 7.19. The van der Waals surface area contributed by atoms with Crippen molar-refractivity contribution < 1.29 is 4.79 Å². The van der Waals surface area contributed by atoms with Gasteiger partial charge in [-0.15, -0.1) is 11.3 Å². The lowest BCUT2D eigenvalue weighted by molar-refractivity contribution is -0.132. The SMILES string of the molecule is O=C(CCC1CCCN1)N1CCC(c2nc3ccccc3s2)CC1. The van der Waals surface area contributed by atoms with Crippen LogP contribution >= 0.6 is 11.3 Å². The van der Waals surface area contributed by atoms with Crippen LogP contribution in [0.3, 0.4) is 0 Å². The van der Waals surface area contributed by atoms with E-state index in [1.807, 2.05) is 17.4 Å². The fraction of sp³-hybridized carbons (Fsp3) is 0.579. The molecule has 1 N–H and O–H groups in total. The summed E-state index contributed by atoms with van der Waals surface area (Å²) in [6.07, 6.45) is 6.28. The molecule has 2 aliphatic rings. The van der Waals surface area contributed by atoms with Gasteiger partial charge in [-0.25, -0.2) is 4.98 Å². The van der Waals surface area contributed by atoms with E-state index in [-0.39, 0.29) is 0 Å². The Bertz CT molecular complexity index is 666. The summed E-state index contributed by atoms with van der Waals surface area (Å²) in [6, 6.07) is 8.92. The van der Waals surface area contributed by atoms with Crippen LogP contribution in [0.5, 0.6) is 0 Å². The third kappa shape index (κ3) is 3.47. The van der Waals surface area contributed by atoms with Gasteiger partial charge in [-0.2, -0.15) is 0 Å². The standard InChI is InChI=1S/C19H25N3OS/c23-18(8-7-15-4-3-11-20-15)22-12-9-14(10-13-22)19-21-16-5-1-2-6-17(16)24-19/h1-2,5-6,14-15,20H,3-4,7-13H2. The van der Waals surface area contributed by atoms with E-state index in [0.29, 0.717) is 24.3 Å². The number of likely N-dealkylation sites (tertiary alicyclic amines) is 1. The van der Waals surface area contributed by atoms with E-state index in [0.717, 1.165) is 44.4 Å². The molecule has 0 radical (unpaired) electrons. The van der Waals surface area contributed by atoms with Crippen LogP contribution in [0.25, 0.3) is 10.2 Å². The number of aromatic nitrogens is 1. The number of carbonyl (C=O) groups excluding carboxylic acids is 1. The molecule has 2 fully saturated rings. The summed E-state index contributed by atoms with van der Waals surface area (Å²) >= 11 is 1.82. The first-order valence-corrected chi connectivity index (χ1v) is 9.98. The monoisotopic (exact) mass is 343 g/mol. The summed E-state index contributed by atoms with van der Waals surface area (Å²) in [4.78, 5) is 19.3. The maximum Gasteiger partial charge on any atom is 0.222 e. The first-order chi connectivity index (χ1) is 11.8. The molecule has 4 rings (SSSR count). The van der Waals surface area contributed by atoms with Gasteiger partial charge in [0.15, 0.2) is 0 Å². The molecule has 128 valence electrons. The van der Waals surface area contributed by atoms with Crippen molar-refractivity contribution in [2.24, 2.45) is 0 Å². The van der Waals surface area contributed by atoms with Crippen LogP contribution in [-0.2, 0) is 4.79 Å². The molecule has 2 aliphatic heterocycles. The highest BCUT2D eigenvalue weighted by Crippen LogP contribution is 2.34. The van der Waals surface area contributed by atoms with E-state index >= 15 is 0 Å². The highest BCUT2D eigenvalue weighted by molar-refractivity contribution is 7.18. The number of rotatable bonds is 4. The van der Waals surface area contributed by atoms with Crippen LogP contribution in [-0.4, -0.2) is 41.5 Å². The largest absolute Gasteiger partial charge is 0.343 e. The van der Waals surface area contributed by atoms with Crippen molar-refractivity contribution in [3.63, 3.8) is 0 Å². The van der Waals surface area contributed by atoms with Crippen molar-refractivity contribution in [3.05, 3.63) is 29.3 Å². The summed E-state index contributed by atoms with van der Waals surface area (Å²) in [5.41, 5.74) is 1.11. The predicted molar refractivity (Wildman–Crippen MR) is 98.4 cm³/mol. The van der Waals surface area contributed by atoms with Gasteiger partial charge in [0.2, 0.25) is 5.91 Å². The van der Waals surface area contributed by atoms with Gasteiger partial charge in [0.25, 0.3) is 0 Å². The number of hydrogen-bond donors (Lipinski definition) is 1. The number of fused-ring (bicyclic) bond motifs is 1. The van der Waals surface area contributed by atoms with Gasteiger partial charge in [-0.1, -0.05) is 12.1 Å². The van der Waals surface area contributed by atoms with Gasteiger partial charge < -0.3 is 10.2 Å². The Morgan fingerprint density at radius 1 is 1.25 bits per heavy atom. The molecule has 0 aliphatic carbocycles. The Morgan fingerprint density at radius 2 is 2.08 bits per heavy atom. The van der Waals surface area contributed by atoms with E-state index < -0.39 is 0 Å². The Hall–Kier alpha value is -1.46. The Balaban J connectivity index is 1.30. The van der Waals surface area contributed by atoms with Gasteiger partial charge >= 0.3 is 0 Å². The van der Waals surface area contributed by atoms with Crippen molar-refractivity contribution in [1.29, 1.82) is 0 Å². The molecule has 2 aromatic rings. The minimum Gasteiger partial charge on any atom is -0.343 e. The van der Waals surface area contributed by atoms with Gasteiger partial charge in [0.1, 0.15) is 0 Å². The first kappa shape index (κ1) is 16.0. The molecule has 1 aromatic carbocycles. The summed E-state index contributed by atoms with van der Waals surface area (Å²) in [5.74, 6) is 0.856. The van der Waals surface area contributed by atoms with E-state index in [4.69, 9.17) is 4.98 Å². The number of piperidine rings is 1. The molecule has 3 heterocycles. The van der Waals surface area contributed by atoms with E-state index in [2.05, 4.69) is 28.4 Å². The zero-order chi connectivity index (χ0) is 16.4. The highest BCUT2D eigenvalue weighted by atomic mass is 32.1. The van der Waals surface area contributed by atoms with E-state index in [9.17, 15) is 4.79 Å². The zero-order valence-corrected chi connectivity index (χ0v) is 14.9. The summed E-state index contributed by atoms with van der Waals surface area (Å²) in [7, 11) is 0. The van der Waals surface area contributed by atoms with Crippen molar-refractivity contribution in [2.45, 2.75) is 50.5 Å². The maximum absolute atomic E-state index is 12.4. The summed E-state index contributed by atoms with van der Waals surface area (Å²) in [6.45, 7) is 2.89. The van der Waals surface area contributed by atoms with E-state index in [1.54, 1.807) is 0 Å². The lowest BCUT2D eigenvalue weighted by Gasteiger charge is -2.31. The van der Waals surface area contributed by atoms with Crippen molar-refractivity contribution in [3.8, 4) is 0 Å². The molecule has 0 spiro atoms.